The minimum absolute atomic E-state index is 0. The number of piperazine rings is 1. The Morgan fingerprint density at radius 1 is 1.46 bits per heavy atom. The second kappa shape index (κ2) is 9.12. The van der Waals surface area contributed by atoms with E-state index in [9.17, 15) is 9.18 Å². The Kier molecular flexibility index (Phi) is 7.14. The lowest BCUT2D eigenvalue weighted by Crippen LogP contribution is -2.50. The fourth-order valence-electron chi connectivity index (χ4n) is 3.08. The van der Waals surface area contributed by atoms with Gasteiger partial charge in [0.1, 0.15) is 11.6 Å². The highest BCUT2D eigenvalue weighted by atomic mass is 35.5. The first-order chi connectivity index (χ1) is 12.0. The smallest absolute Gasteiger partial charge is 0.234 e. The van der Waals surface area contributed by atoms with Gasteiger partial charge in [-0.1, -0.05) is 12.1 Å². The molecule has 142 valence electrons. The molecule has 1 saturated heterocycles. The number of nitrogens with zero attached hydrogens (tertiary/aromatic N) is 3. The van der Waals surface area contributed by atoms with Gasteiger partial charge in [-0.2, -0.15) is 0 Å². The van der Waals surface area contributed by atoms with Gasteiger partial charge in [0.15, 0.2) is 0 Å². The number of hydrogen-bond donors (Lipinski definition) is 2. The molecule has 2 aromatic rings. The zero-order valence-corrected chi connectivity index (χ0v) is 15.9. The van der Waals surface area contributed by atoms with Gasteiger partial charge >= 0.3 is 0 Å². The van der Waals surface area contributed by atoms with Crippen LogP contribution >= 0.6 is 12.4 Å². The van der Waals surface area contributed by atoms with Crippen LogP contribution in [0.2, 0.25) is 0 Å². The van der Waals surface area contributed by atoms with Gasteiger partial charge in [-0.15, -0.1) is 12.4 Å². The first-order valence-corrected chi connectivity index (χ1v) is 8.48. The van der Waals surface area contributed by atoms with Crippen molar-refractivity contribution in [3.63, 3.8) is 0 Å². The standard InChI is InChI=1S/C18H24FN5O.ClH/c1-13-3-4-14(9-15(13)19)10-22-17(25)12-24-8-5-20-11-16(24)18-21-6-7-23(18)2;/h3-4,6-7,9,16,20H,5,8,10-12H2,1-2H3,(H,22,25);1H. The molecule has 1 aromatic carbocycles. The maximum Gasteiger partial charge on any atom is 0.234 e. The van der Waals surface area contributed by atoms with Gasteiger partial charge in [0.05, 0.1) is 12.6 Å². The summed E-state index contributed by atoms with van der Waals surface area (Å²) in [4.78, 5) is 18.9. The van der Waals surface area contributed by atoms with Crippen molar-refractivity contribution in [3.05, 3.63) is 53.4 Å². The molecule has 1 fully saturated rings. The predicted octanol–water partition coefficient (Wildman–Crippen LogP) is 1.55. The molecule has 6 nitrogen and oxygen atoms in total. The highest BCUT2D eigenvalue weighted by Crippen LogP contribution is 2.19. The van der Waals surface area contributed by atoms with E-state index in [-0.39, 0.29) is 30.2 Å². The SMILES string of the molecule is Cc1ccc(CNC(=O)CN2CCNCC2c2nccn2C)cc1F.Cl. The zero-order valence-electron chi connectivity index (χ0n) is 15.0. The van der Waals surface area contributed by atoms with Gasteiger partial charge in [0.2, 0.25) is 5.91 Å². The van der Waals surface area contributed by atoms with Gasteiger partial charge in [0, 0.05) is 45.6 Å². The van der Waals surface area contributed by atoms with Crippen molar-refractivity contribution in [1.82, 2.24) is 25.1 Å². The topological polar surface area (TPSA) is 62.2 Å². The molecule has 2 N–H and O–H groups in total. The van der Waals surface area contributed by atoms with Gasteiger partial charge < -0.3 is 15.2 Å². The van der Waals surface area contributed by atoms with Crippen LogP contribution in [0.4, 0.5) is 4.39 Å². The van der Waals surface area contributed by atoms with E-state index in [2.05, 4.69) is 20.5 Å². The summed E-state index contributed by atoms with van der Waals surface area (Å²) in [5.41, 5.74) is 1.37. The predicted molar refractivity (Wildman–Crippen MR) is 101 cm³/mol. The van der Waals surface area contributed by atoms with E-state index in [1.54, 1.807) is 19.2 Å². The molecule has 0 aliphatic carbocycles. The van der Waals surface area contributed by atoms with E-state index in [4.69, 9.17) is 0 Å². The summed E-state index contributed by atoms with van der Waals surface area (Å²) in [7, 11) is 1.96. The van der Waals surface area contributed by atoms with Crippen LogP contribution in [-0.2, 0) is 18.4 Å². The van der Waals surface area contributed by atoms with Gasteiger partial charge in [-0.3, -0.25) is 9.69 Å². The molecule has 1 unspecified atom stereocenters. The number of benzene rings is 1. The molecule has 1 amide bonds. The Balaban J connectivity index is 0.00000243. The molecule has 2 heterocycles. The number of amides is 1. The quantitative estimate of drug-likeness (QED) is 0.825. The van der Waals surface area contributed by atoms with E-state index in [1.165, 1.54) is 6.07 Å². The van der Waals surface area contributed by atoms with Crippen molar-refractivity contribution < 1.29 is 9.18 Å². The fourth-order valence-corrected chi connectivity index (χ4v) is 3.08. The third kappa shape index (κ3) is 4.81. The first-order valence-electron chi connectivity index (χ1n) is 8.48. The van der Waals surface area contributed by atoms with Crippen LogP contribution in [0.15, 0.2) is 30.6 Å². The highest BCUT2D eigenvalue weighted by Gasteiger charge is 2.28. The Hall–Kier alpha value is -1.96. The summed E-state index contributed by atoms with van der Waals surface area (Å²) in [6.45, 7) is 4.74. The van der Waals surface area contributed by atoms with Crippen LogP contribution in [0.3, 0.4) is 0 Å². The normalized spacial score (nSPS) is 17.6. The number of carbonyl (C=O) groups is 1. The first kappa shape index (κ1) is 20.4. The van der Waals surface area contributed by atoms with Crippen molar-refractivity contribution in [1.29, 1.82) is 0 Å². The molecule has 0 radical (unpaired) electrons. The van der Waals surface area contributed by atoms with E-state index < -0.39 is 0 Å². The minimum Gasteiger partial charge on any atom is -0.351 e. The van der Waals surface area contributed by atoms with E-state index in [0.717, 1.165) is 31.0 Å². The summed E-state index contributed by atoms with van der Waals surface area (Å²) < 4.78 is 15.6. The van der Waals surface area contributed by atoms with Gasteiger partial charge in [0.25, 0.3) is 0 Å². The third-order valence-corrected chi connectivity index (χ3v) is 4.58. The largest absolute Gasteiger partial charge is 0.351 e. The van der Waals surface area contributed by atoms with E-state index >= 15 is 0 Å². The van der Waals surface area contributed by atoms with Crippen LogP contribution in [0.5, 0.6) is 0 Å². The second-order valence-corrected chi connectivity index (χ2v) is 6.45. The molecule has 0 bridgehead atoms. The number of imidazole rings is 1. The average molecular weight is 382 g/mol. The van der Waals surface area contributed by atoms with Gasteiger partial charge in [-0.05, 0) is 24.1 Å². The number of halogens is 2. The number of hydrogen-bond acceptors (Lipinski definition) is 4. The fraction of sp³-hybridized carbons (Fsp3) is 0.444. The van der Waals surface area contributed by atoms with Crippen LogP contribution in [-0.4, -0.2) is 46.5 Å². The molecule has 0 spiro atoms. The summed E-state index contributed by atoms with van der Waals surface area (Å²) in [5.74, 6) is 0.631. The lowest BCUT2D eigenvalue weighted by Gasteiger charge is -2.35. The van der Waals surface area contributed by atoms with Crippen molar-refractivity contribution in [2.24, 2.45) is 7.05 Å². The second-order valence-electron chi connectivity index (χ2n) is 6.45. The minimum atomic E-state index is -0.247. The molecule has 1 aliphatic rings. The van der Waals surface area contributed by atoms with Crippen molar-refractivity contribution in [3.8, 4) is 0 Å². The summed E-state index contributed by atoms with van der Waals surface area (Å²) in [5, 5.41) is 6.23. The summed E-state index contributed by atoms with van der Waals surface area (Å²) in [6, 6.07) is 5.10. The lowest BCUT2D eigenvalue weighted by atomic mass is 10.1. The molecule has 1 aliphatic heterocycles. The number of aromatic nitrogens is 2. The summed E-state index contributed by atoms with van der Waals surface area (Å²) >= 11 is 0. The van der Waals surface area contributed by atoms with Crippen molar-refractivity contribution in [2.75, 3.05) is 26.2 Å². The third-order valence-electron chi connectivity index (χ3n) is 4.58. The lowest BCUT2D eigenvalue weighted by molar-refractivity contribution is -0.123. The Labute approximate surface area is 159 Å². The van der Waals surface area contributed by atoms with Gasteiger partial charge in [-0.25, -0.2) is 9.37 Å². The van der Waals surface area contributed by atoms with Crippen LogP contribution in [0.1, 0.15) is 23.0 Å². The Bertz CT molecular complexity index is 751. The Morgan fingerprint density at radius 2 is 2.27 bits per heavy atom. The number of aryl methyl sites for hydroxylation is 2. The molecule has 3 rings (SSSR count). The molecule has 8 heteroatoms. The monoisotopic (exact) mass is 381 g/mol. The molecular formula is C18H25ClFN5O. The molecule has 26 heavy (non-hydrogen) atoms. The zero-order chi connectivity index (χ0) is 17.8. The van der Waals surface area contributed by atoms with Crippen molar-refractivity contribution in [2.45, 2.75) is 19.5 Å². The van der Waals surface area contributed by atoms with E-state index in [1.807, 2.05) is 23.9 Å². The molecule has 0 saturated carbocycles. The number of rotatable bonds is 5. The van der Waals surface area contributed by atoms with Crippen LogP contribution < -0.4 is 10.6 Å². The van der Waals surface area contributed by atoms with Crippen LogP contribution in [0.25, 0.3) is 0 Å². The van der Waals surface area contributed by atoms with E-state index in [0.29, 0.717) is 18.7 Å². The molecule has 1 aromatic heterocycles. The maximum atomic E-state index is 13.6. The van der Waals surface area contributed by atoms with Crippen LogP contribution in [0, 0.1) is 12.7 Å². The number of nitrogens with one attached hydrogen (secondary N) is 2. The molecular weight excluding hydrogens is 357 g/mol. The molecule has 1 atom stereocenters. The number of carbonyl (C=O) groups excluding carboxylic acids is 1. The van der Waals surface area contributed by atoms with Crippen molar-refractivity contribution >= 4 is 18.3 Å². The highest BCUT2D eigenvalue weighted by molar-refractivity contribution is 5.85. The Morgan fingerprint density at radius 3 is 2.96 bits per heavy atom. The average Bonchev–Trinajstić information content (AvgIpc) is 3.02. The maximum absolute atomic E-state index is 13.6. The summed E-state index contributed by atoms with van der Waals surface area (Å²) in [6.07, 6.45) is 3.68.